The molecule has 118 valence electrons. The number of rotatable bonds is 4. The lowest BCUT2D eigenvalue weighted by Gasteiger charge is -2.33. The lowest BCUT2D eigenvalue weighted by Crippen LogP contribution is -2.47. The fourth-order valence-electron chi connectivity index (χ4n) is 2.64. The van der Waals surface area contributed by atoms with Crippen molar-refractivity contribution in [3.05, 3.63) is 35.4 Å². The van der Waals surface area contributed by atoms with E-state index in [0.29, 0.717) is 24.2 Å². The lowest BCUT2D eigenvalue weighted by atomic mass is 9.99. The second kappa shape index (κ2) is 7.09. The smallest absolute Gasteiger partial charge is 0.254 e. The van der Waals surface area contributed by atoms with Crippen LogP contribution in [0.4, 0.5) is 5.69 Å². The molecule has 1 amide bonds. The Balaban J connectivity index is 2.41. The van der Waals surface area contributed by atoms with Crippen LogP contribution in [-0.2, 0) is 0 Å². The molecule has 6 heteroatoms. The van der Waals surface area contributed by atoms with Crippen molar-refractivity contribution in [2.75, 3.05) is 45.6 Å². The Morgan fingerprint density at radius 1 is 1.36 bits per heavy atom. The molecule has 0 spiro atoms. The first kappa shape index (κ1) is 16.0. The molecule has 1 heterocycles. The van der Waals surface area contributed by atoms with Gasteiger partial charge in [-0.2, -0.15) is 0 Å². The maximum Gasteiger partial charge on any atom is 0.254 e. The highest BCUT2D eigenvalue weighted by atomic mass is 16.4. The van der Waals surface area contributed by atoms with E-state index in [1.54, 1.807) is 19.2 Å². The summed E-state index contributed by atoms with van der Waals surface area (Å²) in [7, 11) is 3.81. The summed E-state index contributed by atoms with van der Waals surface area (Å²) in [6.07, 6.45) is 2.99. The molecule has 0 aliphatic carbocycles. The van der Waals surface area contributed by atoms with Crippen molar-refractivity contribution >= 4 is 23.9 Å². The minimum absolute atomic E-state index is 0.0462. The Morgan fingerprint density at radius 2 is 2.05 bits per heavy atom. The van der Waals surface area contributed by atoms with Crippen LogP contribution in [-0.4, -0.2) is 67.4 Å². The number of carbonyl (C=O) groups excluding carboxylic acids is 1. The summed E-state index contributed by atoms with van der Waals surface area (Å²) in [5, 5.41) is 15.1. The molecule has 22 heavy (non-hydrogen) atoms. The third kappa shape index (κ3) is 3.12. The van der Waals surface area contributed by atoms with Gasteiger partial charge in [-0.05, 0) is 18.7 Å². The molecular weight excluding hydrogens is 280 g/mol. The van der Waals surface area contributed by atoms with Crippen molar-refractivity contribution in [3.8, 4) is 0 Å². The average molecular weight is 302 g/mol. The number of carbonyl (C=O) groups is 1. The molecule has 1 fully saturated rings. The van der Waals surface area contributed by atoms with Gasteiger partial charge in [0.1, 0.15) is 0 Å². The highest BCUT2D eigenvalue weighted by Crippen LogP contribution is 2.25. The van der Waals surface area contributed by atoms with Gasteiger partial charge in [-0.25, -0.2) is 0 Å². The maximum absolute atomic E-state index is 12.8. The summed E-state index contributed by atoms with van der Waals surface area (Å²) in [6.45, 7) is 6.88. The Morgan fingerprint density at radius 3 is 2.59 bits per heavy atom. The van der Waals surface area contributed by atoms with Gasteiger partial charge in [0.05, 0.1) is 17.5 Å². The number of nitrogens with zero attached hydrogens (tertiary/aromatic N) is 3. The SMILES string of the molecule is C=Cc1ccc(C(=O)N2CCN(C)CC2)c(/C=N\O)c1NC. The van der Waals surface area contributed by atoms with Crippen LogP contribution in [0.2, 0.25) is 0 Å². The van der Waals surface area contributed by atoms with E-state index in [0.717, 1.165) is 24.3 Å². The summed E-state index contributed by atoms with van der Waals surface area (Å²) in [5.74, 6) is -0.0462. The average Bonchev–Trinajstić information content (AvgIpc) is 2.54. The number of likely N-dealkylation sites (N-methyl/N-ethyl adjacent to an activating group) is 1. The molecule has 2 N–H and O–H groups in total. The number of nitrogens with one attached hydrogen (secondary N) is 1. The highest BCUT2D eigenvalue weighted by Gasteiger charge is 2.23. The molecule has 1 aromatic carbocycles. The second-order valence-corrected chi connectivity index (χ2v) is 5.29. The molecule has 0 bridgehead atoms. The topological polar surface area (TPSA) is 68.2 Å². The van der Waals surface area contributed by atoms with Crippen LogP contribution in [0.25, 0.3) is 6.08 Å². The van der Waals surface area contributed by atoms with Crippen LogP contribution >= 0.6 is 0 Å². The van der Waals surface area contributed by atoms with Gasteiger partial charge in [0.2, 0.25) is 0 Å². The number of benzene rings is 1. The molecule has 0 aromatic heterocycles. The van der Waals surface area contributed by atoms with E-state index in [-0.39, 0.29) is 5.91 Å². The zero-order valence-corrected chi connectivity index (χ0v) is 13.0. The number of amides is 1. The van der Waals surface area contributed by atoms with Crippen LogP contribution in [0, 0.1) is 0 Å². The van der Waals surface area contributed by atoms with Gasteiger partial charge in [-0.15, -0.1) is 0 Å². The number of hydrogen-bond acceptors (Lipinski definition) is 5. The van der Waals surface area contributed by atoms with Crippen molar-refractivity contribution in [2.45, 2.75) is 0 Å². The summed E-state index contributed by atoms with van der Waals surface area (Å²) in [4.78, 5) is 16.8. The summed E-state index contributed by atoms with van der Waals surface area (Å²) in [5.41, 5.74) is 2.68. The standard InChI is InChI=1S/C16H22N4O2/c1-4-12-5-6-13(14(11-18-22)15(12)17-2)16(21)20-9-7-19(3)8-10-20/h4-6,11,17,22H,1,7-10H2,2-3H3/b18-11-. The van der Waals surface area contributed by atoms with Gasteiger partial charge in [-0.3, -0.25) is 4.79 Å². The first-order chi connectivity index (χ1) is 10.6. The van der Waals surface area contributed by atoms with Crippen molar-refractivity contribution in [1.29, 1.82) is 0 Å². The lowest BCUT2D eigenvalue weighted by molar-refractivity contribution is 0.0664. The highest BCUT2D eigenvalue weighted by molar-refractivity contribution is 6.06. The maximum atomic E-state index is 12.8. The normalized spacial score (nSPS) is 16.0. The van der Waals surface area contributed by atoms with Crippen molar-refractivity contribution in [1.82, 2.24) is 9.80 Å². The third-order valence-electron chi connectivity index (χ3n) is 3.96. The van der Waals surface area contributed by atoms with E-state index in [9.17, 15) is 4.79 Å². The summed E-state index contributed by atoms with van der Waals surface area (Å²) < 4.78 is 0. The molecular formula is C16H22N4O2. The Bertz CT molecular complexity index is 590. The van der Waals surface area contributed by atoms with E-state index in [2.05, 4.69) is 22.0 Å². The quantitative estimate of drug-likeness (QED) is 0.503. The first-order valence-electron chi connectivity index (χ1n) is 7.24. The fourth-order valence-corrected chi connectivity index (χ4v) is 2.64. The first-order valence-corrected chi connectivity index (χ1v) is 7.24. The van der Waals surface area contributed by atoms with Crippen molar-refractivity contribution < 1.29 is 10.0 Å². The number of piperazine rings is 1. The third-order valence-corrected chi connectivity index (χ3v) is 3.96. The molecule has 0 atom stereocenters. The van der Waals surface area contributed by atoms with Gasteiger partial charge < -0.3 is 20.3 Å². The number of oxime groups is 1. The van der Waals surface area contributed by atoms with E-state index in [1.165, 1.54) is 6.21 Å². The van der Waals surface area contributed by atoms with E-state index < -0.39 is 0 Å². The predicted molar refractivity (Wildman–Crippen MR) is 88.9 cm³/mol. The predicted octanol–water partition coefficient (Wildman–Crippen LogP) is 1.57. The van der Waals surface area contributed by atoms with Gasteiger partial charge in [0, 0.05) is 38.8 Å². The Hall–Kier alpha value is -2.34. The fraction of sp³-hybridized carbons (Fsp3) is 0.375. The van der Waals surface area contributed by atoms with Gasteiger partial charge >= 0.3 is 0 Å². The molecule has 0 saturated carbocycles. The summed E-state index contributed by atoms with van der Waals surface area (Å²) >= 11 is 0. The molecule has 1 aliphatic rings. The van der Waals surface area contributed by atoms with Gasteiger partial charge in [0.25, 0.3) is 5.91 Å². The number of hydrogen-bond donors (Lipinski definition) is 2. The second-order valence-electron chi connectivity index (χ2n) is 5.29. The van der Waals surface area contributed by atoms with Crippen molar-refractivity contribution in [3.63, 3.8) is 0 Å². The number of anilines is 1. The monoisotopic (exact) mass is 302 g/mol. The molecule has 6 nitrogen and oxygen atoms in total. The van der Waals surface area contributed by atoms with Gasteiger partial charge in [-0.1, -0.05) is 23.9 Å². The molecule has 1 aromatic rings. The minimum Gasteiger partial charge on any atom is -0.411 e. The zero-order chi connectivity index (χ0) is 16.1. The van der Waals surface area contributed by atoms with Crippen LogP contribution < -0.4 is 5.32 Å². The Kier molecular flexibility index (Phi) is 5.16. The van der Waals surface area contributed by atoms with Crippen molar-refractivity contribution in [2.24, 2.45) is 5.16 Å². The molecule has 1 aliphatic heterocycles. The molecule has 0 radical (unpaired) electrons. The minimum atomic E-state index is -0.0462. The van der Waals surface area contributed by atoms with Crippen LogP contribution in [0.3, 0.4) is 0 Å². The Labute approximate surface area is 130 Å². The van der Waals surface area contributed by atoms with Gasteiger partial charge in [0.15, 0.2) is 0 Å². The largest absolute Gasteiger partial charge is 0.411 e. The molecule has 2 rings (SSSR count). The van der Waals surface area contributed by atoms with E-state index in [1.807, 2.05) is 18.0 Å². The van der Waals surface area contributed by atoms with Crippen LogP contribution in [0.15, 0.2) is 23.9 Å². The van der Waals surface area contributed by atoms with Crippen LogP contribution in [0.5, 0.6) is 0 Å². The summed E-state index contributed by atoms with van der Waals surface area (Å²) in [6, 6.07) is 3.60. The molecule has 0 unspecified atom stereocenters. The van der Waals surface area contributed by atoms with E-state index in [4.69, 9.17) is 5.21 Å². The molecule has 1 saturated heterocycles. The van der Waals surface area contributed by atoms with E-state index >= 15 is 0 Å². The zero-order valence-electron chi connectivity index (χ0n) is 13.0. The van der Waals surface area contributed by atoms with Crippen LogP contribution in [0.1, 0.15) is 21.5 Å².